The highest BCUT2D eigenvalue weighted by Gasteiger charge is 2.33. The van der Waals surface area contributed by atoms with Gasteiger partial charge in [-0.15, -0.1) is 16.8 Å². The summed E-state index contributed by atoms with van der Waals surface area (Å²) in [7, 11) is -3.94. The van der Waals surface area contributed by atoms with E-state index in [0.29, 0.717) is 15.7 Å². The summed E-state index contributed by atoms with van der Waals surface area (Å²) >= 11 is 2.56. The van der Waals surface area contributed by atoms with Crippen molar-refractivity contribution in [2.24, 2.45) is 0 Å². The third kappa shape index (κ3) is 5.77. The fraction of sp³-hybridized carbons (Fsp3) is 0.353. The number of rotatable bonds is 10. The fourth-order valence-electron chi connectivity index (χ4n) is 2.62. The Morgan fingerprint density at radius 3 is 2.73 bits per heavy atom. The van der Waals surface area contributed by atoms with Gasteiger partial charge in [-0.1, -0.05) is 42.2 Å². The SMILES string of the molecule is C=CCSc1nnc(NC(=O)[C@H](CC)N(c2cc([N+](=O)[O-])ccc2C)S(C)(=O)=O)s1. The van der Waals surface area contributed by atoms with Crippen LogP contribution in [0.2, 0.25) is 0 Å². The molecular formula is C17H21N5O5S3. The minimum absolute atomic E-state index is 0.0770. The average Bonchev–Trinajstić information content (AvgIpc) is 3.11. The predicted octanol–water partition coefficient (Wildman–Crippen LogP) is 3.22. The maximum atomic E-state index is 12.9. The van der Waals surface area contributed by atoms with E-state index in [9.17, 15) is 23.3 Å². The normalized spacial score (nSPS) is 12.2. The Balaban J connectivity index is 2.39. The van der Waals surface area contributed by atoms with Crippen LogP contribution in [-0.4, -0.2) is 47.5 Å². The number of hydrogen-bond donors (Lipinski definition) is 1. The van der Waals surface area contributed by atoms with Crippen molar-refractivity contribution < 1.29 is 18.1 Å². The summed E-state index contributed by atoms with van der Waals surface area (Å²) in [5.41, 5.74) is 0.289. The van der Waals surface area contributed by atoms with Crippen LogP contribution >= 0.6 is 23.1 Å². The summed E-state index contributed by atoms with van der Waals surface area (Å²) in [6.07, 6.45) is 2.80. The zero-order chi connectivity index (χ0) is 22.5. The van der Waals surface area contributed by atoms with Crippen LogP contribution in [0.3, 0.4) is 0 Å². The van der Waals surface area contributed by atoms with E-state index in [1.54, 1.807) is 19.9 Å². The first-order valence-electron chi connectivity index (χ1n) is 8.71. The van der Waals surface area contributed by atoms with Crippen molar-refractivity contribution in [3.05, 3.63) is 46.5 Å². The van der Waals surface area contributed by atoms with Crippen LogP contribution < -0.4 is 9.62 Å². The summed E-state index contributed by atoms with van der Waals surface area (Å²) in [6.45, 7) is 6.90. The van der Waals surface area contributed by atoms with Gasteiger partial charge in [-0.25, -0.2) is 8.42 Å². The first-order valence-corrected chi connectivity index (χ1v) is 12.4. The Morgan fingerprint density at radius 2 is 2.17 bits per heavy atom. The predicted molar refractivity (Wildman–Crippen MR) is 119 cm³/mol. The molecule has 0 spiro atoms. The third-order valence-electron chi connectivity index (χ3n) is 3.93. The molecule has 13 heteroatoms. The molecule has 1 aromatic heterocycles. The number of thioether (sulfide) groups is 1. The lowest BCUT2D eigenvalue weighted by Crippen LogP contribution is -2.47. The van der Waals surface area contributed by atoms with Gasteiger partial charge in [0.2, 0.25) is 21.1 Å². The lowest BCUT2D eigenvalue weighted by atomic mass is 10.1. The van der Waals surface area contributed by atoms with Crippen LogP contribution in [-0.2, 0) is 14.8 Å². The molecule has 0 radical (unpaired) electrons. The molecule has 30 heavy (non-hydrogen) atoms. The van der Waals surface area contributed by atoms with E-state index in [2.05, 4.69) is 22.1 Å². The molecular weight excluding hydrogens is 450 g/mol. The summed E-state index contributed by atoms with van der Waals surface area (Å²) in [6, 6.07) is 2.75. The van der Waals surface area contributed by atoms with E-state index in [1.165, 1.54) is 23.9 Å². The number of non-ortho nitro benzene ring substituents is 1. The van der Waals surface area contributed by atoms with Gasteiger partial charge >= 0.3 is 0 Å². The van der Waals surface area contributed by atoms with Gasteiger partial charge in [0.15, 0.2) is 4.34 Å². The molecule has 162 valence electrons. The van der Waals surface area contributed by atoms with E-state index in [-0.39, 0.29) is 22.9 Å². The van der Waals surface area contributed by atoms with E-state index >= 15 is 0 Å². The van der Waals surface area contributed by atoms with Crippen molar-refractivity contribution in [2.45, 2.75) is 30.6 Å². The van der Waals surface area contributed by atoms with Gasteiger partial charge in [-0.05, 0) is 18.9 Å². The maximum absolute atomic E-state index is 12.9. The highest BCUT2D eigenvalue weighted by Crippen LogP contribution is 2.31. The van der Waals surface area contributed by atoms with Crippen molar-refractivity contribution in [1.29, 1.82) is 0 Å². The molecule has 0 aliphatic heterocycles. The molecule has 0 aliphatic rings. The maximum Gasteiger partial charge on any atom is 0.271 e. The standard InChI is InChI=1S/C17H21N5O5S3/c1-5-9-28-17-20-19-16(29-17)18-15(23)13(6-2)21(30(4,26)27)14-10-12(22(24)25)8-7-11(14)3/h5,7-8,10,13H,1,6,9H2,2-4H3,(H,18,19,23)/t13-/m0/s1. The largest absolute Gasteiger partial charge is 0.299 e. The molecule has 2 rings (SSSR count). The topological polar surface area (TPSA) is 135 Å². The second kappa shape index (κ2) is 10.00. The molecule has 2 aromatic rings. The number of nitro benzene ring substituents is 1. The number of amides is 1. The molecule has 0 fully saturated rings. The average molecular weight is 472 g/mol. The van der Waals surface area contributed by atoms with Crippen LogP contribution in [0, 0.1) is 17.0 Å². The van der Waals surface area contributed by atoms with Gasteiger partial charge in [0.1, 0.15) is 6.04 Å². The number of sulfonamides is 1. The summed E-state index contributed by atoms with van der Waals surface area (Å²) in [5, 5.41) is 21.8. The number of carbonyl (C=O) groups excluding carboxylic acids is 1. The van der Waals surface area contributed by atoms with E-state index < -0.39 is 26.9 Å². The summed E-state index contributed by atoms with van der Waals surface area (Å²) < 4.78 is 26.7. The molecule has 0 aliphatic carbocycles. The zero-order valence-electron chi connectivity index (χ0n) is 16.6. The second-order valence-electron chi connectivity index (χ2n) is 6.17. The molecule has 0 saturated carbocycles. The lowest BCUT2D eigenvalue weighted by Gasteiger charge is -2.30. The monoisotopic (exact) mass is 471 g/mol. The molecule has 0 saturated heterocycles. The summed E-state index contributed by atoms with van der Waals surface area (Å²) in [5.74, 6) is 0.0268. The zero-order valence-corrected chi connectivity index (χ0v) is 19.0. The highest BCUT2D eigenvalue weighted by atomic mass is 32.2. The Hall–Kier alpha value is -2.51. The third-order valence-corrected chi connectivity index (χ3v) is 7.07. The van der Waals surface area contributed by atoms with Crippen LogP contribution in [0.25, 0.3) is 0 Å². The molecule has 0 bridgehead atoms. The van der Waals surface area contributed by atoms with Gasteiger partial charge < -0.3 is 0 Å². The first kappa shape index (κ1) is 23.8. The minimum Gasteiger partial charge on any atom is -0.299 e. The van der Waals surface area contributed by atoms with Crippen molar-refractivity contribution in [3.8, 4) is 0 Å². The van der Waals surface area contributed by atoms with Crippen LogP contribution in [0.15, 0.2) is 35.2 Å². The molecule has 1 aromatic carbocycles. The molecule has 1 N–H and O–H groups in total. The lowest BCUT2D eigenvalue weighted by molar-refractivity contribution is -0.384. The van der Waals surface area contributed by atoms with E-state index in [0.717, 1.165) is 28.0 Å². The van der Waals surface area contributed by atoms with Crippen molar-refractivity contribution in [3.63, 3.8) is 0 Å². The number of nitrogens with one attached hydrogen (secondary N) is 1. The van der Waals surface area contributed by atoms with E-state index in [4.69, 9.17) is 0 Å². The molecule has 0 unspecified atom stereocenters. The van der Waals surface area contributed by atoms with Crippen molar-refractivity contribution >= 4 is 55.5 Å². The van der Waals surface area contributed by atoms with Crippen LogP contribution in [0.1, 0.15) is 18.9 Å². The van der Waals surface area contributed by atoms with Crippen molar-refractivity contribution in [1.82, 2.24) is 10.2 Å². The fourth-order valence-corrected chi connectivity index (χ4v) is 5.40. The molecule has 1 heterocycles. The Labute approximate surface area is 182 Å². The molecule has 1 atom stereocenters. The molecule has 1 amide bonds. The number of aryl methyl sites for hydroxylation is 1. The number of carbonyl (C=O) groups is 1. The van der Waals surface area contributed by atoms with Gasteiger partial charge in [0, 0.05) is 17.9 Å². The number of aromatic nitrogens is 2. The van der Waals surface area contributed by atoms with Crippen molar-refractivity contribution in [2.75, 3.05) is 21.6 Å². The van der Waals surface area contributed by atoms with Gasteiger partial charge in [-0.2, -0.15) is 0 Å². The smallest absolute Gasteiger partial charge is 0.271 e. The second-order valence-corrected chi connectivity index (χ2v) is 10.3. The van der Waals surface area contributed by atoms with Crippen LogP contribution in [0.4, 0.5) is 16.5 Å². The van der Waals surface area contributed by atoms with Gasteiger partial charge in [0.25, 0.3) is 5.69 Å². The van der Waals surface area contributed by atoms with Gasteiger partial charge in [0.05, 0.1) is 16.9 Å². The minimum atomic E-state index is -3.94. The Bertz CT molecular complexity index is 1050. The number of hydrogen-bond acceptors (Lipinski definition) is 9. The van der Waals surface area contributed by atoms with Gasteiger partial charge in [-0.3, -0.25) is 24.5 Å². The Kier molecular flexibility index (Phi) is 7.92. The number of nitrogens with zero attached hydrogens (tertiary/aromatic N) is 4. The number of benzene rings is 1. The molecule has 10 nitrogen and oxygen atoms in total. The quantitative estimate of drug-likeness (QED) is 0.183. The van der Waals surface area contributed by atoms with Crippen LogP contribution in [0.5, 0.6) is 0 Å². The Morgan fingerprint density at radius 1 is 1.47 bits per heavy atom. The number of nitro groups is 1. The first-order chi connectivity index (χ1) is 14.1. The number of anilines is 2. The summed E-state index contributed by atoms with van der Waals surface area (Å²) in [4.78, 5) is 23.5. The highest BCUT2D eigenvalue weighted by molar-refractivity contribution is 8.01. The van der Waals surface area contributed by atoms with E-state index in [1.807, 2.05) is 0 Å².